The van der Waals surface area contributed by atoms with E-state index in [4.69, 9.17) is 21.6 Å². The van der Waals surface area contributed by atoms with Gasteiger partial charge < -0.3 is 20.5 Å². The summed E-state index contributed by atoms with van der Waals surface area (Å²) < 4.78 is 5.18. The van der Waals surface area contributed by atoms with Crippen LogP contribution in [-0.2, 0) is 6.54 Å². The van der Waals surface area contributed by atoms with Crippen LogP contribution in [0.3, 0.4) is 0 Å². The number of aliphatic hydroxyl groups is 1. The molecular weight excluding hydrogens is 366 g/mol. The molecule has 3 N–H and O–H groups in total. The average Bonchev–Trinajstić information content (AvgIpc) is 2.71. The van der Waals surface area contributed by atoms with Gasteiger partial charge in [-0.3, -0.25) is 4.79 Å². The first-order valence-corrected chi connectivity index (χ1v) is 8.92. The second-order valence-corrected chi connectivity index (χ2v) is 6.36. The number of nitrogens with one attached hydrogen (secondary N) is 2. The van der Waals surface area contributed by atoms with Crippen molar-refractivity contribution < 1.29 is 14.6 Å². The van der Waals surface area contributed by atoms with Crippen molar-refractivity contribution in [2.45, 2.75) is 25.9 Å². The van der Waals surface area contributed by atoms with E-state index >= 15 is 0 Å². The number of hydrogen-bond acceptors (Lipinski definition) is 5. The minimum atomic E-state index is -0.323. The number of halogens is 1. The van der Waals surface area contributed by atoms with E-state index < -0.39 is 0 Å². The third kappa shape index (κ3) is 5.36. The third-order valence-electron chi connectivity index (χ3n) is 4.13. The number of nitrogens with zero attached hydrogens (tertiary/aromatic N) is 1. The Morgan fingerprint density at radius 3 is 2.74 bits per heavy atom. The van der Waals surface area contributed by atoms with Crippen LogP contribution in [0.1, 0.15) is 34.8 Å². The number of carbonyl (C=O) groups excluding carboxylic acids is 1. The van der Waals surface area contributed by atoms with Crippen LogP contribution in [0.4, 0.5) is 5.69 Å². The van der Waals surface area contributed by atoms with E-state index in [0.717, 1.165) is 5.56 Å². The molecule has 0 unspecified atom stereocenters. The van der Waals surface area contributed by atoms with Crippen molar-refractivity contribution in [3.8, 4) is 11.8 Å². The molecular formula is C20H22ClN3O3. The maximum atomic E-state index is 12.7. The fourth-order valence-corrected chi connectivity index (χ4v) is 2.71. The topological polar surface area (TPSA) is 94.4 Å². The van der Waals surface area contributed by atoms with Gasteiger partial charge in [0.1, 0.15) is 5.75 Å². The van der Waals surface area contributed by atoms with E-state index in [-0.39, 0.29) is 25.1 Å². The number of anilines is 1. The summed E-state index contributed by atoms with van der Waals surface area (Å²) in [6.07, 6.45) is 0.697. The van der Waals surface area contributed by atoms with E-state index in [9.17, 15) is 9.90 Å². The minimum absolute atomic E-state index is 0.0534. The van der Waals surface area contributed by atoms with Crippen LogP contribution < -0.4 is 15.4 Å². The predicted octanol–water partition coefficient (Wildman–Crippen LogP) is 3.33. The molecule has 0 bridgehead atoms. The maximum Gasteiger partial charge on any atom is 0.253 e. The van der Waals surface area contributed by atoms with E-state index in [0.29, 0.717) is 34.0 Å². The van der Waals surface area contributed by atoms with Crippen LogP contribution >= 0.6 is 11.6 Å². The molecule has 142 valence electrons. The predicted molar refractivity (Wildman–Crippen MR) is 105 cm³/mol. The molecule has 0 saturated heterocycles. The molecule has 1 amide bonds. The summed E-state index contributed by atoms with van der Waals surface area (Å²) in [6, 6.07) is 12.0. The standard InChI is InChI=1S/C20H22ClN3O3/c1-3-15(12-25)24-18-7-5-13(10-22)8-16(18)20(26)23-11-14-4-6-17(21)19(9-14)27-2/h4-9,15,24-25H,3,11-12H2,1-2H3,(H,23,26)/t15-/m0/s1. The molecule has 0 aliphatic rings. The molecule has 27 heavy (non-hydrogen) atoms. The van der Waals surface area contributed by atoms with Crippen molar-refractivity contribution in [3.05, 3.63) is 58.1 Å². The van der Waals surface area contributed by atoms with Crippen molar-refractivity contribution in [3.63, 3.8) is 0 Å². The van der Waals surface area contributed by atoms with Crippen LogP contribution in [0.2, 0.25) is 5.02 Å². The molecule has 0 saturated carbocycles. The molecule has 0 aliphatic heterocycles. The molecule has 0 aromatic heterocycles. The first-order valence-electron chi connectivity index (χ1n) is 8.54. The van der Waals surface area contributed by atoms with Gasteiger partial charge in [0.2, 0.25) is 0 Å². The molecule has 6 nitrogen and oxygen atoms in total. The van der Waals surface area contributed by atoms with Crippen LogP contribution in [-0.4, -0.2) is 30.8 Å². The Morgan fingerprint density at radius 1 is 1.33 bits per heavy atom. The summed E-state index contributed by atoms with van der Waals surface area (Å²) in [4.78, 5) is 12.7. The van der Waals surface area contributed by atoms with Crippen LogP contribution in [0.25, 0.3) is 0 Å². The molecule has 2 aromatic rings. The summed E-state index contributed by atoms with van der Waals surface area (Å²) >= 11 is 6.01. The number of rotatable bonds is 8. The van der Waals surface area contributed by atoms with Crippen LogP contribution in [0.5, 0.6) is 5.75 Å². The molecule has 2 rings (SSSR count). The van der Waals surface area contributed by atoms with Crippen molar-refractivity contribution in [2.75, 3.05) is 19.0 Å². The molecule has 0 fully saturated rings. The number of nitriles is 1. The van der Waals surface area contributed by atoms with Gasteiger partial charge in [-0.05, 0) is 42.3 Å². The van der Waals surface area contributed by atoms with Crippen molar-refractivity contribution in [1.82, 2.24) is 5.32 Å². The Bertz CT molecular complexity index is 845. The van der Waals surface area contributed by atoms with Gasteiger partial charge >= 0.3 is 0 Å². The Labute approximate surface area is 163 Å². The van der Waals surface area contributed by atoms with Gasteiger partial charge in [-0.15, -0.1) is 0 Å². The summed E-state index contributed by atoms with van der Waals surface area (Å²) in [5.74, 6) is 0.210. The minimum Gasteiger partial charge on any atom is -0.495 e. The number of amides is 1. The average molecular weight is 388 g/mol. The highest BCUT2D eigenvalue weighted by molar-refractivity contribution is 6.32. The zero-order chi connectivity index (χ0) is 19.8. The monoisotopic (exact) mass is 387 g/mol. The fraction of sp³-hybridized carbons (Fsp3) is 0.300. The van der Waals surface area contributed by atoms with Gasteiger partial charge in [0.25, 0.3) is 5.91 Å². The van der Waals surface area contributed by atoms with Crippen LogP contribution in [0.15, 0.2) is 36.4 Å². The number of benzene rings is 2. The van der Waals surface area contributed by atoms with Crippen LogP contribution in [0, 0.1) is 11.3 Å². The van der Waals surface area contributed by atoms with Crippen molar-refractivity contribution >= 4 is 23.2 Å². The highest BCUT2D eigenvalue weighted by Gasteiger charge is 2.15. The molecule has 0 spiro atoms. The zero-order valence-corrected chi connectivity index (χ0v) is 16.0. The first-order chi connectivity index (χ1) is 13.0. The lowest BCUT2D eigenvalue weighted by Gasteiger charge is -2.18. The lowest BCUT2D eigenvalue weighted by atomic mass is 10.1. The highest BCUT2D eigenvalue weighted by Crippen LogP contribution is 2.25. The van der Waals surface area contributed by atoms with Gasteiger partial charge in [-0.25, -0.2) is 0 Å². The summed E-state index contributed by atoms with van der Waals surface area (Å²) in [5.41, 5.74) is 2.14. The van der Waals surface area contributed by atoms with E-state index in [2.05, 4.69) is 10.6 Å². The Morgan fingerprint density at radius 2 is 2.11 bits per heavy atom. The van der Waals surface area contributed by atoms with Gasteiger partial charge in [-0.2, -0.15) is 5.26 Å². The zero-order valence-electron chi connectivity index (χ0n) is 15.3. The van der Waals surface area contributed by atoms with E-state index in [1.807, 2.05) is 13.0 Å². The quantitative estimate of drug-likeness (QED) is 0.645. The summed E-state index contributed by atoms with van der Waals surface area (Å²) in [7, 11) is 1.53. The maximum absolute atomic E-state index is 12.7. The van der Waals surface area contributed by atoms with Gasteiger partial charge in [-0.1, -0.05) is 24.6 Å². The largest absolute Gasteiger partial charge is 0.495 e. The van der Waals surface area contributed by atoms with E-state index in [1.165, 1.54) is 13.2 Å². The van der Waals surface area contributed by atoms with Crippen molar-refractivity contribution in [2.24, 2.45) is 0 Å². The smallest absolute Gasteiger partial charge is 0.253 e. The molecule has 0 aliphatic carbocycles. The number of carbonyl (C=O) groups is 1. The first kappa shape index (κ1) is 20.6. The fourth-order valence-electron chi connectivity index (χ4n) is 2.52. The number of ether oxygens (including phenoxy) is 1. The molecule has 0 heterocycles. The van der Waals surface area contributed by atoms with E-state index in [1.54, 1.807) is 30.3 Å². The molecule has 1 atom stereocenters. The third-order valence-corrected chi connectivity index (χ3v) is 4.45. The van der Waals surface area contributed by atoms with Gasteiger partial charge in [0, 0.05) is 18.3 Å². The Balaban J connectivity index is 2.20. The number of hydrogen-bond donors (Lipinski definition) is 3. The molecule has 7 heteroatoms. The summed E-state index contributed by atoms with van der Waals surface area (Å²) in [6.45, 7) is 2.16. The Kier molecular flexibility index (Phi) is 7.47. The normalized spacial score (nSPS) is 11.4. The van der Waals surface area contributed by atoms with Crippen molar-refractivity contribution in [1.29, 1.82) is 5.26 Å². The second kappa shape index (κ2) is 9.81. The van der Waals surface area contributed by atoms with Gasteiger partial charge in [0.05, 0.1) is 35.9 Å². The highest BCUT2D eigenvalue weighted by atomic mass is 35.5. The van der Waals surface area contributed by atoms with Gasteiger partial charge in [0.15, 0.2) is 0 Å². The lowest BCUT2D eigenvalue weighted by molar-refractivity contribution is 0.0951. The number of methoxy groups -OCH3 is 1. The SMILES string of the molecule is CC[C@@H](CO)Nc1ccc(C#N)cc1C(=O)NCc1ccc(Cl)c(OC)c1. The Hall–Kier alpha value is -2.75. The second-order valence-electron chi connectivity index (χ2n) is 5.96. The number of aliphatic hydroxyl groups excluding tert-OH is 1. The molecule has 2 aromatic carbocycles. The lowest BCUT2D eigenvalue weighted by Crippen LogP contribution is -2.27. The summed E-state index contributed by atoms with van der Waals surface area (Å²) in [5, 5.41) is 25.0. The molecule has 0 radical (unpaired) electrons.